The maximum absolute atomic E-state index is 13.4. The summed E-state index contributed by atoms with van der Waals surface area (Å²) in [6, 6.07) is 16.3. The first-order valence-electron chi connectivity index (χ1n) is 9.23. The van der Waals surface area contributed by atoms with E-state index in [9.17, 15) is 9.18 Å². The predicted octanol–water partition coefficient (Wildman–Crippen LogP) is 4.00. The molecule has 0 aliphatic heterocycles. The van der Waals surface area contributed by atoms with Crippen molar-refractivity contribution in [1.82, 2.24) is 20.1 Å². The lowest BCUT2D eigenvalue weighted by Gasteiger charge is -2.12. The average molecular weight is 399 g/mol. The van der Waals surface area contributed by atoms with Gasteiger partial charge in [-0.15, -0.1) is 10.2 Å². The molecule has 1 amide bonds. The Morgan fingerprint density at radius 3 is 2.54 bits per heavy atom. The molecule has 1 heterocycles. The number of rotatable bonds is 8. The molecule has 0 spiro atoms. The number of nitrogens with zero attached hydrogens (tertiary/aromatic N) is 3. The molecule has 0 aliphatic carbocycles. The van der Waals surface area contributed by atoms with Crippen LogP contribution in [0.5, 0.6) is 0 Å². The summed E-state index contributed by atoms with van der Waals surface area (Å²) in [5.74, 6) is 0.637. The van der Waals surface area contributed by atoms with Crippen LogP contribution in [0.1, 0.15) is 31.7 Å². The number of hydrogen-bond acceptors (Lipinski definition) is 4. The number of halogens is 1. The molecule has 0 saturated carbocycles. The van der Waals surface area contributed by atoms with Gasteiger partial charge < -0.3 is 5.32 Å². The van der Waals surface area contributed by atoms with E-state index in [1.807, 2.05) is 48.7 Å². The summed E-state index contributed by atoms with van der Waals surface area (Å²) >= 11 is 1.32. The Bertz CT molecular complexity index is 912. The highest BCUT2D eigenvalue weighted by Gasteiger charge is 2.17. The lowest BCUT2D eigenvalue weighted by atomic mass is 10.1. The van der Waals surface area contributed by atoms with Crippen LogP contribution in [0.15, 0.2) is 59.8 Å². The Labute approximate surface area is 168 Å². The van der Waals surface area contributed by atoms with Crippen LogP contribution in [0.3, 0.4) is 0 Å². The maximum Gasteiger partial charge on any atom is 0.230 e. The first kappa shape index (κ1) is 20.1. The van der Waals surface area contributed by atoms with Crippen molar-refractivity contribution in [3.63, 3.8) is 0 Å². The lowest BCUT2D eigenvalue weighted by Crippen LogP contribution is -2.33. The van der Waals surface area contributed by atoms with E-state index in [4.69, 9.17) is 0 Å². The minimum absolute atomic E-state index is 0.0439. The van der Waals surface area contributed by atoms with E-state index in [-0.39, 0.29) is 23.5 Å². The molecular formula is C21H23FN4OS. The first-order chi connectivity index (χ1) is 13.6. The third-order valence-electron chi connectivity index (χ3n) is 4.34. The van der Waals surface area contributed by atoms with E-state index in [0.717, 1.165) is 23.5 Å². The molecule has 0 aliphatic rings. The minimum Gasteiger partial charge on any atom is -0.353 e. The fraction of sp³-hybridized carbons (Fsp3) is 0.286. The predicted molar refractivity (Wildman–Crippen MR) is 109 cm³/mol. The van der Waals surface area contributed by atoms with Crippen molar-refractivity contribution < 1.29 is 9.18 Å². The summed E-state index contributed by atoms with van der Waals surface area (Å²) < 4.78 is 15.3. The standard InChI is InChI=1S/C21H23FN4OS/c1-3-15(2)23-20(27)14-28-21-25-24-19(13-16-7-5-4-6-8-16)26(21)18-11-9-17(22)10-12-18/h4-12,15H,3,13-14H2,1-2H3,(H,23,27)/t15-/m0/s1. The molecule has 5 nitrogen and oxygen atoms in total. The van der Waals surface area contributed by atoms with Crippen molar-refractivity contribution in [3.8, 4) is 5.69 Å². The van der Waals surface area contributed by atoms with Crippen molar-refractivity contribution in [3.05, 3.63) is 71.8 Å². The van der Waals surface area contributed by atoms with Gasteiger partial charge in [-0.3, -0.25) is 9.36 Å². The Hall–Kier alpha value is -2.67. The Morgan fingerprint density at radius 1 is 1.14 bits per heavy atom. The number of carbonyl (C=O) groups excluding carboxylic acids is 1. The van der Waals surface area contributed by atoms with Gasteiger partial charge in [0.05, 0.1) is 5.75 Å². The fourth-order valence-corrected chi connectivity index (χ4v) is 3.47. The summed E-state index contributed by atoms with van der Waals surface area (Å²) in [4.78, 5) is 12.1. The molecule has 146 valence electrons. The van der Waals surface area contributed by atoms with Crippen LogP contribution in [-0.2, 0) is 11.2 Å². The third-order valence-corrected chi connectivity index (χ3v) is 5.27. The fourth-order valence-electron chi connectivity index (χ4n) is 2.68. The van der Waals surface area contributed by atoms with E-state index < -0.39 is 0 Å². The topological polar surface area (TPSA) is 59.8 Å². The van der Waals surface area contributed by atoms with Crippen LogP contribution < -0.4 is 5.32 Å². The Kier molecular flexibility index (Phi) is 6.81. The number of nitrogens with one attached hydrogen (secondary N) is 1. The van der Waals surface area contributed by atoms with Gasteiger partial charge in [-0.1, -0.05) is 49.0 Å². The molecule has 7 heteroatoms. The summed E-state index contributed by atoms with van der Waals surface area (Å²) in [6.45, 7) is 4.00. The van der Waals surface area contributed by atoms with Crippen molar-refractivity contribution in [2.75, 3.05) is 5.75 Å². The van der Waals surface area contributed by atoms with Crippen LogP contribution in [0.25, 0.3) is 5.69 Å². The summed E-state index contributed by atoms with van der Waals surface area (Å²) in [6.07, 6.45) is 1.47. The highest BCUT2D eigenvalue weighted by Crippen LogP contribution is 2.23. The van der Waals surface area contributed by atoms with Crippen LogP contribution in [0, 0.1) is 5.82 Å². The lowest BCUT2D eigenvalue weighted by molar-refractivity contribution is -0.119. The second kappa shape index (κ2) is 9.50. The smallest absolute Gasteiger partial charge is 0.230 e. The SMILES string of the molecule is CC[C@H](C)NC(=O)CSc1nnc(Cc2ccccc2)n1-c1ccc(F)cc1. The van der Waals surface area contributed by atoms with Gasteiger partial charge in [0.15, 0.2) is 5.16 Å². The third kappa shape index (κ3) is 5.19. The number of carbonyl (C=O) groups is 1. The van der Waals surface area contributed by atoms with Gasteiger partial charge in [0.2, 0.25) is 5.91 Å². The molecule has 0 radical (unpaired) electrons. The highest BCUT2D eigenvalue weighted by molar-refractivity contribution is 7.99. The van der Waals surface area contributed by atoms with E-state index in [1.54, 1.807) is 12.1 Å². The normalized spacial score (nSPS) is 12.0. The van der Waals surface area contributed by atoms with Crippen molar-refractivity contribution in [1.29, 1.82) is 0 Å². The molecule has 28 heavy (non-hydrogen) atoms. The van der Waals surface area contributed by atoms with Crippen molar-refractivity contribution in [2.45, 2.75) is 37.9 Å². The van der Waals surface area contributed by atoms with Gasteiger partial charge in [-0.25, -0.2) is 4.39 Å². The van der Waals surface area contributed by atoms with Crippen LogP contribution in [0.4, 0.5) is 4.39 Å². The van der Waals surface area contributed by atoms with Crippen molar-refractivity contribution >= 4 is 17.7 Å². The molecular weight excluding hydrogens is 375 g/mol. The summed E-state index contributed by atoms with van der Waals surface area (Å²) in [7, 11) is 0. The van der Waals surface area contributed by atoms with Gasteiger partial charge in [0, 0.05) is 18.2 Å². The molecule has 2 aromatic carbocycles. The van der Waals surface area contributed by atoms with Crippen molar-refractivity contribution in [2.24, 2.45) is 0 Å². The zero-order chi connectivity index (χ0) is 19.9. The molecule has 0 saturated heterocycles. The van der Waals surface area contributed by atoms with Crippen LogP contribution in [-0.4, -0.2) is 32.5 Å². The van der Waals surface area contributed by atoms with E-state index in [2.05, 4.69) is 15.5 Å². The monoisotopic (exact) mass is 398 g/mol. The molecule has 3 aromatic rings. The van der Waals surface area contributed by atoms with E-state index >= 15 is 0 Å². The number of amides is 1. The Morgan fingerprint density at radius 2 is 1.86 bits per heavy atom. The van der Waals surface area contributed by atoms with Gasteiger partial charge in [0.25, 0.3) is 0 Å². The molecule has 3 rings (SSSR count). The quantitative estimate of drug-likeness (QED) is 0.583. The van der Waals surface area contributed by atoms with Gasteiger partial charge in [-0.05, 0) is 43.2 Å². The minimum atomic E-state index is -0.302. The average Bonchev–Trinajstić information content (AvgIpc) is 3.10. The largest absolute Gasteiger partial charge is 0.353 e. The van der Waals surface area contributed by atoms with E-state index in [0.29, 0.717) is 11.6 Å². The number of thioether (sulfide) groups is 1. The Balaban J connectivity index is 1.85. The highest BCUT2D eigenvalue weighted by atomic mass is 32.2. The molecule has 1 atom stereocenters. The molecule has 1 N–H and O–H groups in total. The van der Waals surface area contributed by atoms with Gasteiger partial charge in [0.1, 0.15) is 11.6 Å². The zero-order valence-electron chi connectivity index (χ0n) is 15.9. The zero-order valence-corrected chi connectivity index (χ0v) is 16.7. The van der Waals surface area contributed by atoms with Crippen LogP contribution in [0.2, 0.25) is 0 Å². The number of benzene rings is 2. The maximum atomic E-state index is 13.4. The van der Waals surface area contributed by atoms with Crippen LogP contribution >= 0.6 is 11.8 Å². The molecule has 0 bridgehead atoms. The summed E-state index contributed by atoms with van der Waals surface area (Å²) in [5.41, 5.74) is 1.87. The second-order valence-electron chi connectivity index (χ2n) is 6.54. The number of aromatic nitrogens is 3. The second-order valence-corrected chi connectivity index (χ2v) is 7.48. The van der Waals surface area contributed by atoms with Gasteiger partial charge >= 0.3 is 0 Å². The van der Waals surface area contributed by atoms with Gasteiger partial charge in [-0.2, -0.15) is 0 Å². The molecule has 0 unspecified atom stereocenters. The molecule has 0 fully saturated rings. The number of hydrogen-bond donors (Lipinski definition) is 1. The molecule has 1 aromatic heterocycles. The summed E-state index contributed by atoms with van der Waals surface area (Å²) in [5, 5.41) is 12.2. The first-order valence-corrected chi connectivity index (χ1v) is 10.2. The van der Waals surface area contributed by atoms with E-state index in [1.165, 1.54) is 23.9 Å².